The molecule has 1 N–H and O–H groups in total. The molecule has 3 aromatic rings. The van der Waals surface area contributed by atoms with Gasteiger partial charge in [-0.1, -0.05) is 23.7 Å². The summed E-state index contributed by atoms with van der Waals surface area (Å²) < 4.78 is 21.9. The number of carbonyl (C=O) groups is 2. The maximum atomic E-state index is 12.5. The van der Waals surface area contributed by atoms with Crippen LogP contribution in [0.15, 0.2) is 66.7 Å². The van der Waals surface area contributed by atoms with Crippen LogP contribution in [0.3, 0.4) is 0 Å². The second-order valence-corrected chi connectivity index (χ2v) is 7.72. The van der Waals surface area contributed by atoms with Gasteiger partial charge in [0.05, 0.1) is 24.4 Å². The lowest BCUT2D eigenvalue weighted by Gasteiger charge is -2.29. The van der Waals surface area contributed by atoms with Crippen LogP contribution in [0.2, 0.25) is 5.02 Å². The summed E-state index contributed by atoms with van der Waals surface area (Å²) in [6.07, 6.45) is 0. The second kappa shape index (κ2) is 10.8. The molecule has 0 saturated heterocycles. The Morgan fingerprint density at radius 2 is 1.82 bits per heavy atom. The van der Waals surface area contributed by atoms with Gasteiger partial charge in [0.15, 0.2) is 13.2 Å². The Kier molecular flexibility index (Phi) is 7.39. The molecule has 2 amide bonds. The molecule has 0 radical (unpaired) electrons. The van der Waals surface area contributed by atoms with E-state index in [9.17, 15) is 9.59 Å². The van der Waals surface area contributed by atoms with Gasteiger partial charge in [-0.05, 0) is 54.6 Å². The molecule has 1 aliphatic rings. The van der Waals surface area contributed by atoms with E-state index in [1.165, 1.54) is 0 Å². The lowest BCUT2D eigenvalue weighted by atomic mass is 10.2. The van der Waals surface area contributed by atoms with Gasteiger partial charge in [0.25, 0.3) is 11.8 Å². The van der Waals surface area contributed by atoms with Crippen LogP contribution < -0.4 is 29.2 Å². The first-order valence-electron chi connectivity index (χ1n) is 10.5. The average molecular weight is 483 g/mol. The molecule has 1 aliphatic heterocycles. The number of hydrogen-bond donors (Lipinski definition) is 1. The van der Waals surface area contributed by atoms with Crippen molar-refractivity contribution in [2.45, 2.75) is 0 Å². The van der Waals surface area contributed by atoms with Crippen molar-refractivity contribution >= 4 is 34.8 Å². The van der Waals surface area contributed by atoms with Crippen molar-refractivity contribution in [1.82, 2.24) is 0 Å². The summed E-state index contributed by atoms with van der Waals surface area (Å²) in [4.78, 5) is 26.5. The fourth-order valence-electron chi connectivity index (χ4n) is 3.35. The van der Waals surface area contributed by atoms with Crippen molar-refractivity contribution < 1.29 is 28.5 Å². The molecule has 0 bridgehead atoms. The molecule has 0 atom stereocenters. The Balaban J connectivity index is 1.38. The Labute approximate surface area is 201 Å². The molecule has 0 saturated carbocycles. The lowest BCUT2D eigenvalue weighted by Crippen LogP contribution is -2.41. The highest BCUT2D eigenvalue weighted by molar-refractivity contribution is 6.32. The third kappa shape index (κ3) is 5.71. The number of methoxy groups -OCH3 is 1. The summed E-state index contributed by atoms with van der Waals surface area (Å²) in [5, 5.41) is 3.19. The summed E-state index contributed by atoms with van der Waals surface area (Å²) in [5.74, 6) is 1.81. The van der Waals surface area contributed by atoms with Gasteiger partial charge in [-0.15, -0.1) is 0 Å². The van der Waals surface area contributed by atoms with Gasteiger partial charge in [-0.2, -0.15) is 0 Å². The molecule has 0 spiro atoms. The predicted molar refractivity (Wildman–Crippen MR) is 128 cm³/mol. The maximum Gasteiger partial charge on any atom is 0.265 e. The summed E-state index contributed by atoms with van der Waals surface area (Å²) in [6.45, 7) is 0.316. The van der Waals surface area contributed by atoms with Gasteiger partial charge < -0.3 is 29.2 Å². The Morgan fingerprint density at radius 1 is 1.06 bits per heavy atom. The molecule has 34 heavy (non-hydrogen) atoms. The van der Waals surface area contributed by atoms with Gasteiger partial charge >= 0.3 is 0 Å². The van der Waals surface area contributed by atoms with E-state index in [-0.39, 0.29) is 31.6 Å². The number of amides is 2. The molecular weight excluding hydrogens is 460 g/mol. The van der Waals surface area contributed by atoms with E-state index in [1.807, 2.05) is 0 Å². The van der Waals surface area contributed by atoms with E-state index >= 15 is 0 Å². The van der Waals surface area contributed by atoms with E-state index in [1.54, 1.807) is 78.7 Å². The molecule has 176 valence electrons. The van der Waals surface area contributed by atoms with Crippen molar-refractivity contribution in [3.63, 3.8) is 0 Å². The van der Waals surface area contributed by atoms with Crippen LogP contribution in [0.25, 0.3) is 0 Å². The lowest BCUT2D eigenvalue weighted by molar-refractivity contribution is -0.121. The average Bonchev–Trinajstić information content (AvgIpc) is 2.85. The van der Waals surface area contributed by atoms with Crippen LogP contribution in [-0.2, 0) is 9.59 Å². The SMILES string of the molecule is COc1ccc(OCCN2C(=O)COc3ccc(NC(=O)COc4ccccc4Cl)cc32)cc1. The van der Waals surface area contributed by atoms with Crippen LogP contribution in [0, 0.1) is 0 Å². The van der Waals surface area contributed by atoms with Crippen LogP contribution in [0.5, 0.6) is 23.0 Å². The number of para-hydroxylation sites is 1. The van der Waals surface area contributed by atoms with E-state index < -0.39 is 0 Å². The largest absolute Gasteiger partial charge is 0.497 e. The first-order chi connectivity index (χ1) is 16.5. The van der Waals surface area contributed by atoms with E-state index in [4.69, 9.17) is 30.5 Å². The Morgan fingerprint density at radius 3 is 2.59 bits per heavy atom. The normalized spacial score (nSPS) is 12.4. The molecular formula is C25H23ClN2O6. The van der Waals surface area contributed by atoms with Crippen LogP contribution in [-0.4, -0.2) is 45.3 Å². The Hall–Kier alpha value is -3.91. The topological polar surface area (TPSA) is 86.3 Å². The number of nitrogens with one attached hydrogen (secondary N) is 1. The fourth-order valence-corrected chi connectivity index (χ4v) is 3.54. The number of nitrogens with zero attached hydrogens (tertiary/aromatic N) is 1. The number of ether oxygens (including phenoxy) is 4. The van der Waals surface area contributed by atoms with Crippen molar-refractivity contribution in [2.75, 3.05) is 43.7 Å². The Bertz CT molecular complexity index is 1170. The molecule has 9 heteroatoms. The standard InChI is InChI=1S/C25H23ClN2O6/c1-31-18-7-9-19(10-8-18)32-13-12-28-21-14-17(6-11-23(21)34-16-25(28)30)27-24(29)15-33-22-5-3-2-4-20(22)26/h2-11,14H,12-13,15-16H2,1H3,(H,27,29). The zero-order chi connectivity index (χ0) is 23.9. The summed E-state index contributed by atoms with van der Waals surface area (Å²) in [7, 11) is 1.60. The molecule has 4 rings (SSSR count). The van der Waals surface area contributed by atoms with Gasteiger partial charge in [0, 0.05) is 5.69 Å². The number of hydrogen-bond acceptors (Lipinski definition) is 6. The van der Waals surface area contributed by atoms with Crippen molar-refractivity contribution in [3.8, 4) is 23.0 Å². The minimum atomic E-state index is -0.364. The molecule has 3 aromatic carbocycles. The van der Waals surface area contributed by atoms with E-state index in [2.05, 4.69) is 5.32 Å². The van der Waals surface area contributed by atoms with Crippen LogP contribution in [0.1, 0.15) is 0 Å². The first-order valence-corrected chi connectivity index (χ1v) is 10.9. The molecule has 0 fully saturated rings. The number of benzene rings is 3. The van der Waals surface area contributed by atoms with Crippen molar-refractivity contribution in [2.24, 2.45) is 0 Å². The smallest absolute Gasteiger partial charge is 0.265 e. The number of carbonyl (C=O) groups excluding carboxylic acids is 2. The number of anilines is 2. The van der Waals surface area contributed by atoms with E-state index in [0.29, 0.717) is 40.2 Å². The molecule has 0 aliphatic carbocycles. The van der Waals surface area contributed by atoms with Gasteiger partial charge in [0.1, 0.15) is 29.6 Å². The molecule has 0 unspecified atom stereocenters. The number of rotatable bonds is 9. The van der Waals surface area contributed by atoms with Crippen molar-refractivity contribution in [3.05, 3.63) is 71.8 Å². The molecule has 0 aromatic heterocycles. The zero-order valence-electron chi connectivity index (χ0n) is 18.5. The number of fused-ring (bicyclic) bond motifs is 1. The highest BCUT2D eigenvalue weighted by Gasteiger charge is 2.26. The molecule has 8 nitrogen and oxygen atoms in total. The summed E-state index contributed by atoms with van der Waals surface area (Å²) >= 11 is 6.05. The van der Waals surface area contributed by atoms with Crippen molar-refractivity contribution in [1.29, 1.82) is 0 Å². The summed E-state index contributed by atoms with van der Waals surface area (Å²) in [6, 6.07) is 19.2. The minimum Gasteiger partial charge on any atom is -0.497 e. The fraction of sp³-hybridized carbons (Fsp3) is 0.200. The minimum absolute atomic E-state index is 0.0626. The third-order valence-corrected chi connectivity index (χ3v) is 5.34. The third-order valence-electron chi connectivity index (χ3n) is 5.02. The predicted octanol–water partition coefficient (Wildman–Crippen LogP) is 4.17. The van der Waals surface area contributed by atoms with Gasteiger partial charge in [-0.25, -0.2) is 0 Å². The maximum absolute atomic E-state index is 12.5. The monoisotopic (exact) mass is 482 g/mol. The zero-order valence-corrected chi connectivity index (χ0v) is 19.2. The molecule has 1 heterocycles. The highest BCUT2D eigenvalue weighted by Crippen LogP contribution is 2.34. The highest BCUT2D eigenvalue weighted by atomic mass is 35.5. The van der Waals surface area contributed by atoms with Crippen LogP contribution in [0.4, 0.5) is 11.4 Å². The van der Waals surface area contributed by atoms with Gasteiger partial charge in [0.2, 0.25) is 0 Å². The number of halogens is 1. The quantitative estimate of drug-likeness (QED) is 0.492. The van der Waals surface area contributed by atoms with Gasteiger partial charge in [-0.3, -0.25) is 9.59 Å². The second-order valence-electron chi connectivity index (χ2n) is 7.31. The van der Waals surface area contributed by atoms with Crippen LogP contribution >= 0.6 is 11.6 Å². The van der Waals surface area contributed by atoms with E-state index in [0.717, 1.165) is 5.75 Å². The summed E-state index contributed by atoms with van der Waals surface area (Å²) in [5.41, 5.74) is 1.06. The first kappa shape index (κ1) is 23.3.